The van der Waals surface area contributed by atoms with E-state index in [1.54, 1.807) is 6.07 Å². The number of methoxy groups -OCH3 is 1. The maximum Gasteiger partial charge on any atom is 0.183 e. The molecule has 2 N–H and O–H groups in total. The quantitative estimate of drug-likeness (QED) is 0.710. The van der Waals surface area contributed by atoms with Crippen LogP contribution in [-0.2, 0) is 30.8 Å². The maximum atomic E-state index is 13.7. The van der Waals surface area contributed by atoms with E-state index in [9.17, 15) is 4.39 Å². The largest absolute Gasteiger partial charge is 0.494 e. The van der Waals surface area contributed by atoms with Gasteiger partial charge in [-0.05, 0) is 29.2 Å². The lowest BCUT2D eigenvalue weighted by Gasteiger charge is -2.35. The number of ether oxygens (including phenoxy) is 2. The average molecular weight is 457 g/mol. The monoisotopic (exact) mass is 456 g/mol. The van der Waals surface area contributed by atoms with Crippen LogP contribution in [-0.4, -0.2) is 54.7 Å². The highest BCUT2D eigenvalue weighted by molar-refractivity contribution is 5.69. The van der Waals surface area contributed by atoms with Crippen LogP contribution in [0, 0.1) is 5.82 Å². The van der Waals surface area contributed by atoms with Crippen molar-refractivity contribution in [2.75, 3.05) is 40.0 Å². The van der Waals surface area contributed by atoms with Crippen molar-refractivity contribution in [3.05, 3.63) is 64.7 Å². The molecule has 0 aliphatic carbocycles. The summed E-state index contributed by atoms with van der Waals surface area (Å²) < 4.78 is 24.3. The van der Waals surface area contributed by atoms with E-state index in [0.29, 0.717) is 13.1 Å². The maximum absolute atomic E-state index is 13.7. The van der Waals surface area contributed by atoms with E-state index in [0.717, 1.165) is 68.3 Å². The molecule has 0 spiro atoms. The van der Waals surface area contributed by atoms with Gasteiger partial charge in [0.25, 0.3) is 0 Å². The molecule has 0 radical (unpaired) electrons. The normalized spacial score (nSPS) is 16.2. The topological polar surface area (TPSA) is 63.8 Å². The molecule has 1 aromatic carbocycles. The van der Waals surface area contributed by atoms with E-state index in [-0.39, 0.29) is 5.75 Å². The van der Waals surface area contributed by atoms with E-state index in [1.807, 2.05) is 0 Å². The van der Waals surface area contributed by atoms with Crippen LogP contribution >= 0.6 is 0 Å². The van der Waals surface area contributed by atoms with E-state index in [1.165, 1.54) is 30.9 Å². The first-order chi connectivity index (χ1) is 16.0. The molecule has 7 heteroatoms. The van der Waals surface area contributed by atoms with Crippen molar-refractivity contribution in [2.45, 2.75) is 46.3 Å². The molecule has 1 fully saturated rings. The molecule has 0 saturated carbocycles. The highest BCUT2D eigenvalue weighted by atomic mass is 19.1. The Morgan fingerprint density at radius 2 is 1.88 bits per heavy atom. The van der Waals surface area contributed by atoms with E-state index in [4.69, 9.17) is 15.2 Å². The second-order valence-electron chi connectivity index (χ2n) is 8.51. The number of nitrogens with zero attached hydrogens (tertiary/aromatic N) is 3. The minimum Gasteiger partial charge on any atom is -0.494 e. The van der Waals surface area contributed by atoms with Crippen LogP contribution in [0.25, 0.3) is 5.70 Å². The predicted octanol–water partition coefficient (Wildman–Crippen LogP) is 3.97. The third-order valence-corrected chi connectivity index (χ3v) is 5.91. The molecule has 0 unspecified atom stereocenters. The van der Waals surface area contributed by atoms with Crippen molar-refractivity contribution in [3.63, 3.8) is 0 Å². The van der Waals surface area contributed by atoms with Gasteiger partial charge < -0.3 is 20.1 Å². The summed E-state index contributed by atoms with van der Waals surface area (Å²) in [5.74, 6) is -0.245. The SMILES string of the molecule is C=C1c2cc(CN)cc(CN3CCOCC3)c2CCN1Cc1cc(OC)c(F)cn1.CCC. The molecule has 2 aromatic rings. The fraction of sp³-hybridized carbons (Fsp3) is 0.500. The van der Waals surface area contributed by atoms with E-state index in [2.05, 4.69) is 47.3 Å². The molecule has 180 valence electrons. The lowest BCUT2D eigenvalue weighted by Crippen LogP contribution is -2.36. The second kappa shape index (κ2) is 12.1. The number of hydrogen-bond donors (Lipinski definition) is 1. The number of halogens is 1. The summed E-state index contributed by atoms with van der Waals surface area (Å²) in [6, 6.07) is 6.05. The van der Waals surface area contributed by atoms with Gasteiger partial charge in [-0.3, -0.25) is 9.88 Å². The average Bonchev–Trinajstić information content (AvgIpc) is 2.83. The van der Waals surface area contributed by atoms with Gasteiger partial charge in [-0.15, -0.1) is 0 Å². The number of aromatic nitrogens is 1. The molecule has 6 nitrogen and oxygen atoms in total. The second-order valence-corrected chi connectivity index (χ2v) is 8.51. The molecular weight excluding hydrogens is 419 g/mol. The zero-order chi connectivity index (χ0) is 23.8. The Hall–Kier alpha value is -2.48. The third kappa shape index (κ3) is 6.31. The number of pyridine rings is 1. The number of morpholine rings is 1. The Balaban J connectivity index is 0.000000968. The first kappa shape index (κ1) is 25.1. The van der Waals surface area contributed by atoms with Gasteiger partial charge in [0.1, 0.15) is 0 Å². The highest BCUT2D eigenvalue weighted by Gasteiger charge is 2.24. The summed E-state index contributed by atoms with van der Waals surface area (Å²) in [6.07, 6.45) is 3.39. The summed E-state index contributed by atoms with van der Waals surface area (Å²) >= 11 is 0. The van der Waals surface area contributed by atoms with Crippen LogP contribution in [0.4, 0.5) is 4.39 Å². The van der Waals surface area contributed by atoms with Gasteiger partial charge in [0.15, 0.2) is 11.6 Å². The Morgan fingerprint density at radius 3 is 2.55 bits per heavy atom. The van der Waals surface area contributed by atoms with Gasteiger partial charge in [-0.25, -0.2) is 4.39 Å². The fourth-order valence-electron chi connectivity index (χ4n) is 4.24. The zero-order valence-corrected chi connectivity index (χ0v) is 20.2. The minimum absolute atomic E-state index is 0.209. The standard InChI is InChI=1S/C23H29FN4O2.C3H8/c1-16-21-10-17(12-25)9-18(14-27-5-7-30-8-6-27)20(21)3-4-28(16)15-19-11-23(29-2)22(24)13-26-19;1-3-2/h9-11,13H,1,3-8,12,14-15,25H2,2H3;3H2,1-2H3. The molecule has 33 heavy (non-hydrogen) atoms. The molecule has 3 heterocycles. The lowest BCUT2D eigenvalue weighted by molar-refractivity contribution is 0.0340. The van der Waals surface area contributed by atoms with Crippen molar-refractivity contribution in [3.8, 4) is 5.75 Å². The van der Waals surface area contributed by atoms with Crippen LogP contribution in [0.3, 0.4) is 0 Å². The van der Waals surface area contributed by atoms with Gasteiger partial charge in [0, 0.05) is 50.1 Å². The summed E-state index contributed by atoms with van der Waals surface area (Å²) in [7, 11) is 1.46. The summed E-state index contributed by atoms with van der Waals surface area (Å²) in [5, 5.41) is 0. The predicted molar refractivity (Wildman–Crippen MR) is 130 cm³/mol. The van der Waals surface area contributed by atoms with Crippen molar-refractivity contribution in [1.29, 1.82) is 0 Å². The minimum atomic E-state index is -0.454. The van der Waals surface area contributed by atoms with E-state index >= 15 is 0 Å². The van der Waals surface area contributed by atoms with Crippen molar-refractivity contribution in [1.82, 2.24) is 14.8 Å². The summed E-state index contributed by atoms with van der Waals surface area (Å²) in [5.41, 5.74) is 12.7. The molecule has 0 atom stereocenters. The van der Waals surface area contributed by atoms with Crippen LogP contribution in [0.5, 0.6) is 5.75 Å². The Morgan fingerprint density at radius 1 is 1.15 bits per heavy atom. The molecule has 1 aromatic heterocycles. The Kier molecular flexibility index (Phi) is 9.23. The Labute approximate surface area is 197 Å². The number of rotatable bonds is 6. The Bertz CT molecular complexity index is 944. The number of fused-ring (bicyclic) bond motifs is 1. The van der Waals surface area contributed by atoms with Crippen LogP contribution in [0.2, 0.25) is 0 Å². The fourth-order valence-corrected chi connectivity index (χ4v) is 4.24. The number of hydrogen-bond acceptors (Lipinski definition) is 6. The summed E-state index contributed by atoms with van der Waals surface area (Å²) in [4.78, 5) is 8.85. The van der Waals surface area contributed by atoms with Gasteiger partial charge in [0.05, 0.1) is 38.8 Å². The van der Waals surface area contributed by atoms with Crippen LogP contribution in [0.15, 0.2) is 31.0 Å². The number of benzene rings is 1. The van der Waals surface area contributed by atoms with Crippen molar-refractivity contribution < 1.29 is 13.9 Å². The van der Waals surface area contributed by atoms with Crippen LogP contribution in [0.1, 0.15) is 48.2 Å². The lowest BCUT2D eigenvalue weighted by atomic mass is 9.89. The molecule has 2 aliphatic heterocycles. The molecule has 0 amide bonds. The molecule has 0 bridgehead atoms. The highest BCUT2D eigenvalue weighted by Crippen LogP contribution is 2.33. The van der Waals surface area contributed by atoms with Gasteiger partial charge in [0.2, 0.25) is 0 Å². The molecule has 1 saturated heterocycles. The first-order valence-electron chi connectivity index (χ1n) is 11.8. The van der Waals surface area contributed by atoms with Gasteiger partial charge >= 0.3 is 0 Å². The summed E-state index contributed by atoms with van der Waals surface area (Å²) in [6.45, 7) is 14.9. The van der Waals surface area contributed by atoms with Crippen molar-refractivity contribution >= 4 is 5.70 Å². The van der Waals surface area contributed by atoms with Gasteiger partial charge in [-0.1, -0.05) is 32.9 Å². The molecule has 2 aliphatic rings. The van der Waals surface area contributed by atoms with Crippen LogP contribution < -0.4 is 10.5 Å². The third-order valence-electron chi connectivity index (χ3n) is 5.91. The van der Waals surface area contributed by atoms with Crippen molar-refractivity contribution in [2.24, 2.45) is 5.73 Å². The van der Waals surface area contributed by atoms with Gasteiger partial charge in [-0.2, -0.15) is 0 Å². The number of nitrogens with two attached hydrogens (primary N) is 1. The zero-order valence-electron chi connectivity index (χ0n) is 20.2. The molecular formula is C26H37FN4O2. The first-order valence-corrected chi connectivity index (χ1v) is 11.8. The van der Waals surface area contributed by atoms with E-state index < -0.39 is 5.82 Å². The molecule has 4 rings (SSSR count). The smallest absolute Gasteiger partial charge is 0.183 e.